The lowest BCUT2D eigenvalue weighted by atomic mass is 10.0. The minimum Gasteiger partial charge on any atom is -0.494 e. The predicted molar refractivity (Wildman–Crippen MR) is 182 cm³/mol. The van der Waals surface area contributed by atoms with E-state index in [1.807, 2.05) is 89.2 Å². The fourth-order valence-corrected chi connectivity index (χ4v) is 6.57. The molecule has 10 heteroatoms. The zero-order valence-electron chi connectivity index (χ0n) is 27.4. The molecule has 0 heterocycles. The third-order valence-corrected chi connectivity index (χ3v) is 9.11. The van der Waals surface area contributed by atoms with Gasteiger partial charge in [-0.25, -0.2) is 12.8 Å². The van der Waals surface area contributed by atoms with Gasteiger partial charge in [0.25, 0.3) is 10.0 Å². The van der Waals surface area contributed by atoms with Crippen LogP contribution in [-0.4, -0.2) is 49.9 Å². The lowest BCUT2D eigenvalue weighted by Gasteiger charge is -2.35. The number of carbonyl (C=O) groups excluding carboxylic acids is 2. The van der Waals surface area contributed by atoms with Crippen molar-refractivity contribution in [3.63, 3.8) is 0 Å². The van der Waals surface area contributed by atoms with E-state index in [1.54, 1.807) is 24.3 Å². The first-order valence-corrected chi connectivity index (χ1v) is 16.9. The Morgan fingerprint density at radius 1 is 0.872 bits per heavy atom. The van der Waals surface area contributed by atoms with Gasteiger partial charge in [0, 0.05) is 18.5 Å². The fraction of sp³-hybridized carbons (Fsp3) is 0.297. The summed E-state index contributed by atoms with van der Waals surface area (Å²) >= 11 is 0. The van der Waals surface area contributed by atoms with E-state index in [9.17, 15) is 22.4 Å². The molecular formula is C37H42FN3O5S. The van der Waals surface area contributed by atoms with Crippen molar-refractivity contribution in [3.8, 4) is 5.75 Å². The van der Waals surface area contributed by atoms with Crippen LogP contribution in [0.3, 0.4) is 0 Å². The quantitative estimate of drug-likeness (QED) is 0.182. The van der Waals surface area contributed by atoms with Gasteiger partial charge in [-0.1, -0.05) is 60.2 Å². The van der Waals surface area contributed by atoms with E-state index >= 15 is 0 Å². The molecule has 4 aromatic rings. The van der Waals surface area contributed by atoms with Crippen molar-refractivity contribution in [1.82, 2.24) is 10.2 Å². The molecule has 248 valence electrons. The number of ether oxygens (including phenoxy) is 1. The summed E-state index contributed by atoms with van der Waals surface area (Å²) in [6.45, 7) is 9.22. The first-order valence-electron chi connectivity index (χ1n) is 15.5. The number of halogens is 1. The molecule has 0 aliphatic heterocycles. The van der Waals surface area contributed by atoms with Crippen molar-refractivity contribution in [3.05, 3.63) is 126 Å². The van der Waals surface area contributed by atoms with Gasteiger partial charge in [0.1, 0.15) is 24.2 Å². The van der Waals surface area contributed by atoms with Crippen molar-refractivity contribution in [2.24, 2.45) is 0 Å². The van der Waals surface area contributed by atoms with E-state index in [2.05, 4.69) is 5.32 Å². The van der Waals surface area contributed by atoms with Gasteiger partial charge >= 0.3 is 0 Å². The first kappa shape index (κ1) is 35.2. The van der Waals surface area contributed by atoms with Gasteiger partial charge in [0.15, 0.2) is 0 Å². The van der Waals surface area contributed by atoms with E-state index in [-0.39, 0.29) is 29.5 Å². The SMILES string of the molecule is CCOc1ccc(N(CC(=O)N(Cc2cccc(C)c2)[C@@H](Cc2ccccc2)C(=O)NC(C)(C)C)S(=O)(=O)c2ccc(F)cc2)cc1. The number of hydrogen-bond acceptors (Lipinski definition) is 5. The highest BCUT2D eigenvalue weighted by Crippen LogP contribution is 2.27. The molecule has 0 unspecified atom stereocenters. The van der Waals surface area contributed by atoms with Crippen molar-refractivity contribution >= 4 is 27.5 Å². The van der Waals surface area contributed by atoms with Crippen LogP contribution in [0.4, 0.5) is 10.1 Å². The molecule has 0 aliphatic rings. The van der Waals surface area contributed by atoms with E-state index in [0.29, 0.717) is 12.4 Å². The molecular weight excluding hydrogens is 617 g/mol. The molecule has 8 nitrogen and oxygen atoms in total. The standard InChI is InChI=1S/C37H42FN3O5S/c1-6-46-32-19-17-31(18-20-32)41(47(44,45)33-21-15-30(38)16-22-33)26-35(42)40(25-29-14-10-11-27(2)23-29)34(36(43)39-37(3,4)5)24-28-12-8-7-9-13-28/h7-23,34H,6,24-26H2,1-5H3,(H,39,43)/t34-/m0/s1. The normalized spacial score (nSPS) is 12.2. The molecule has 0 aromatic heterocycles. The van der Waals surface area contributed by atoms with Gasteiger partial charge in [0.2, 0.25) is 11.8 Å². The average molecular weight is 660 g/mol. The third-order valence-electron chi connectivity index (χ3n) is 7.32. The summed E-state index contributed by atoms with van der Waals surface area (Å²) in [4.78, 5) is 29.8. The van der Waals surface area contributed by atoms with Crippen LogP contribution in [0.2, 0.25) is 0 Å². The molecule has 0 aliphatic carbocycles. The van der Waals surface area contributed by atoms with E-state index in [0.717, 1.165) is 45.3 Å². The van der Waals surface area contributed by atoms with Gasteiger partial charge in [-0.2, -0.15) is 0 Å². The van der Waals surface area contributed by atoms with Crippen LogP contribution in [0, 0.1) is 12.7 Å². The number of amides is 2. The van der Waals surface area contributed by atoms with Crippen LogP contribution in [-0.2, 0) is 32.6 Å². The second-order valence-electron chi connectivity index (χ2n) is 12.3. The topological polar surface area (TPSA) is 96.0 Å². The van der Waals surface area contributed by atoms with Gasteiger partial charge in [-0.15, -0.1) is 0 Å². The number of sulfonamides is 1. The van der Waals surface area contributed by atoms with Crippen LogP contribution >= 0.6 is 0 Å². The summed E-state index contributed by atoms with van der Waals surface area (Å²) in [5, 5.41) is 3.02. The lowest BCUT2D eigenvalue weighted by molar-refractivity contribution is -0.140. The molecule has 47 heavy (non-hydrogen) atoms. The maximum Gasteiger partial charge on any atom is 0.264 e. The second-order valence-corrected chi connectivity index (χ2v) is 14.2. The Bertz CT molecular complexity index is 1760. The van der Waals surface area contributed by atoms with Crippen molar-refractivity contribution in [2.45, 2.75) is 64.1 Å². The number of benzene rings is 4. The van der Waals surface area contributed by atoms with Crippen LogP contribution < -0.4 is 14.4 Å². The molecule has 0 spiro atoms. The maximum atomic E-state index is 14.6. The zero-order valence-corrected chi connectivity index (χ0v) is 28.3. The summed E-state index contributed by atoms with van der Waals surface area (Å²) in [5.41, 5.74) is 2.22. The number of nitrogens with one attached hydrogen (secondary N) is 1. The molecule has 1 N–H and O–H groups in total. The van der Waals surface area contributed by atoms with Crippen molar-refractivity contribution in [2.75, 3.05) is 17.5 Å². The number of nitrogens with zero attached hydrogens (tertiary/aromatic N) is 2. The molecule has 0 fully saturated rings. The van der Waals surface area contributed by atoms with E-state index < -0.39 is 39.9 Å². The van der Waals surface area contributed by atoms with Gasteiger partial charge in [0.05, 0.1) is 17.2 Å². The van der Waals surface area contributed by atoms with Gasteiger partial charge in [-0.3, -0.25) is 13.9 Å². The Morgan fingerprint density at radius 3 is 2.11 bits per heavy atom. The number of carbonyl (C=O) groups is 2. The highest BCUT2D eigenvalue weighted by molar-refractivity contribution is 7.92. The summed E-state index contributed by atoms with van der Waals surface area (Å²) < 4.78 is 48.6. The zero-order chi connectivity index (χ0) is 34.2. The van der Waals surface area contributed by atoms with Crippen molar-refractivity contribution < 1.29 is 27.1 Å². The number of rotatable bonds is 13. The van der Waals surface area contributed by atoms with Gasteiger partial charge in [-0.05, 0) is 94.3 Å². The minimum atomic E-state index is -4.36. The highest BCUT2D eigenvalue weighted by atomic mass is 32.2. The smallest absolute Gasteiger partial charge is 0.264 e. The van der Waals surface area contributed by atoms with Crippen LogP contribution in [0.5, 0.6) is 5.75 Å². The molecule has 0 radical (unpaired) electrons. The molecule has 0 bridgehead atoms. The Labute approximate surface area is 277 Å². The summed E-state index contributed by atoms with van der Waals surface area (Å²) in [7, 11) is -4.36. The Balaban J connectivity index is 1.82. The minimum absolute atomic E-state index is 0.0588. The molecule has 1 atom stereocenters. The van der Waals surface area contributed by atoms with Crippen LogP contribution in [0.25, 0.3) is 0 Å². The summed E-state index contributed by atoms with van der Waals surface area (Å²) in [6.07, 6.45) is 0.202. The fourth-order valence-electron chi connectivity index (χ4n) is 5.15. The predicted octanol–water partition coefficient (Wildman–Crippen LogP) is 6.28. The Morgan fingerprint density at radius 2 is 1.51 bits per heavy atom. The number of hydrogen-bond donors (Lipinski definition) is 1. The van der Waals surface area contributed by atoms with Gasteiger partial charge < -0.3 is 15.0 Å². The van der Waals surface area contributed by atoms with Crippen LogP contribution in [0.1, 0.15) is 44.4 Å². The molecule has 2 amide bonds. The number of aryl methyl sites for hydroxylation is 1. The molecule has 4 rings (SSSR count). The van der Waals surface area contributed by atoms with Crippen molar-refractivity contribution in [1.29, 1.82) is 0 Å². The molecule has 0 saturated heterocycles. The highest BCUT2D eigenvalue weighted by Gasteiger charge is 2.35. The lowest BCUT2D eigenvalue weighted by Crippen LogP contribution is -2.56. The first-order chi connectivity index (χ1) is 22.3. The monoisotopic (exact) mass is 659 g/mol. The Hall–Kier alpha value is -4.70. The third kappa shape index (κ3) is 9.65. The number of anilines is 1. The summed E-state index contributed by atoms with van der Waals surface area (Å²) in [5.74, 6) is -1.01. The largest absolute Gasteiger partial charge is 0.494 e. The Kier molecular flexibility index (Phi) is 11.4. The van der Waals surface area contributed by atoms with Crippen LogP contribution in [0.15, 0.2) is 108 Å². The molecule has 0 saturated carbocycles. The maximum absolute atomic E-state index is 14.6. The second kappa shape index (κ2) is 15.3. The average Bonchev–Trinajstić information content (AvgIpc) is 3.02. The molecule has 4 aromatic carbocycles. The summed E-state index contributed by atoms with van der Waals surface area (Å²) in [6, 6.07) is 26.8. The van der Waals surface area contributed by atoms with E-state index in [4.69, 9.17) is 4.74 Å². The van der Waals surface area contributed by atoms with E-state index in [1.165, 1.54) is 4.90 Å².